The number of aromatic nitrogens is 2. The van der Waals surface area contributed by atoms with Crippen LogP contribution in [0.25, 0.3) is 0 Å². The third-order valence-corrected chi connectivity index (χ3v) is 0.924. The molecule has 0 aromatic carbocycles. The molecular weight excluding hydrogens is 112 g/mol. The fraction of sp³-hybridized carbons (Fsp3) is 0.286. The van der Waals surface area contributed by atoms with Gasteiger partial charge >= 0.3 is 0 Å². The van der Waals surface area contributed by atoms with Crippen molar-refractivity contribution in [3.63, 3.8) is 0 Å². The molecule has 2 heteroatoms. The predicted molar refractivity (Wildman–Crippen MR) is 39.2 cm³/mol. The molecule has 0 N–H and O–H groups in total. The van der Waals surface area contributed by atoms with E-state index in [0.717, 1.165) is 6.54 Å². The average Bonchev–Trinajstić information content (AvgIpc) is 2.43. The summed E-state index contributed by atoms with van der Waals surface area (Å²) >= 11 is 0. The number of hydrogen-bond donors (Lipinski definition) is 0. The number of nitrogens with zero attached hydrogens (tertiary/aromatic N) is 2. The summed E-state index contributed by atoms with van der Waals surface area (Å²) in [5.74, 6) is 0. The van der Waals surface area contributed by atoms with E-state index in [1.807, 2.05) is 10.8 Å². The first-order valence-corrected chi connectivity index (χ1v) is 2.89. The minimum absolute atomic E-state index is 1.01. The Kier molecular flexibility index (Phi) is 4.50. The van der Waals surface area contributed by atoms with Gasteiger partial charge in [0.25, 0.3) is 0 Å². The zero-order valence-electron chi connectivity index (χ0n) is 5.75. The van der Waals surface area contributed by atoms with E-state index >= 15 is 0 Å². The molecule has 1 aromatic rings. The molecule has 1 heterocycles. The molecular formula is C7H12N2. The van der Waals surface area contributed by atoms with Gasteiger partial charge in [-0.2, -0.15) is 0 Å². The maximum atomic E-state index is 3.86. The van der Waals surface area contributed by atoms with Gasteiger partial charge in [0.1, 0.15) is 0 Å². The van der Waals surface area contributed by atoms with Crippen molar-refractivity contribution in [3.05, 3.63) is 31.9 Å². The zero-order valence-corrected chi connectivity index (χ0v) is 5.75. The summed E-state index contributed by atoms with van der Waals surface area (Å²) in [6.45, 7) is 9.10. The van der Waals surface area contributed by atoms with E-state index in [0.29, 0.717) is 0 Å². The molecule has 0 aliphatic heterocycles. The minimum Gasteiger partial charge on any atom is -0.338 e. The summed E-state index contributed by atoms with van der Waals surface area (Å²) in [6.07, 6.45) is 5.53. The fourth-order valence-electron chi connectivity index (χ4n) is 0.474. The smallest absolute Gasteiger partial charge is 0.0945 e. The number of aryl methyl sites for hydroxylation is 1. The van der Waals surface area contributed by atoms with Gasteiger partial charge < -0.3 is 4.57 Å². The normalized spacial score (nSPS) is 7.67. The minimum atomic E-state index is 1.01. The van der Waals surface area contributed by atoms with Crippen LogP contribution in [0.5, 0.6) is 0 Å². The Bertz CT molecular complexity index is 133. The van der Waals surface area contributed by atoms with Crippen LogP contribution in [0.4, 0.5) is 0 Å². The second-order valence-electron chi connectivity index (χ2n) is 1.39. The molecule has 0 aliphatic rings. The summed E-state index contributed by atoms with van der Waals surface area (Å²) in [4.78, 5) is 3.86. The number of rotatable bonds is 1. The van der Waals surface area contributed by atoms with Crippen LogP contribution in [0.3, 0.4) is 0 Å². The predicted octanol–water partition coefficient (Wildman–Crippen LogP) is 1.71. The van der Waals surface area contributed by atoms with Gasteiger partial charge in [-0.25, -0.2) is 4.98 Å². The van der Waals surface area contributed by atoms with Crippen LogP contribution < -0.4 is 0 Å². The van der Waals surface area contributed by atoms with Crippen molar-refractivity contribution < 1.29 is 0 Å². The van der Waals surface area contributed by atoms with E-state index in [-0.39, 0.29) is 0 Å². The molecule has 0 unspecified atom stereocenters. The molecule has 1 aromatic heterocycles. The van der Waals surface area contributed by atoms with E-state index in [9.17, 15) is 0 Å². The van der Waals surface area contributed by atoms with Crippen LogP contribution in [0, 0.1) is 0 Å². The van der Waals surface area contributed by atoms with E-state index in [1.54, 1.807) is 12.5 Å². The van der Waals surface area contributed by atoms with E-state index in [2.05, 4.69) is 25.1 Å². The molecule has 0 saturated carbocycles. The first-order chi connectivity index (χ1) is 4.43. The maximum Gasteiger partial charge on any atom is 0.0945 e. The average molecular weight is 124 g/mol. The molecule has 9 heavy (non-hydrogen) atoms. The summed E-state index contributed by atoms with van der Waals surface area (Å²) in [7, 11) is 0. The molecule has 0 aliphatic carbocycles. The van der Waals surface area contributed by atoms with Crippen molar-refractivity contribution >= 4 is 0 Å². The van der Waals surface area contributed by atoms with Crippen molar-refractivity contribution in [2.24, 2.45) is 0 Å². The van der Waals surface area contributed by atoms with Gasteiger partial charge in [-0.05, 0) is 6.92 Å². The largest absolute Gasteiger partial charge is 0.338 e. The third kappa shape index (κ3) is 2.69. The van der Waals surface area contributed by atoms with Gasteiger partial charge in [-0.3, -0.25) is 0 Å². The third-order valence-electron chi connectivity index (χ3n) is 0.924. The molecule has 1 rings (SSSR count). The lowest BCUT2D eigenvalue weighted by Crippen LogP contribution is -1.85. The molecule has 0 atom stereocenters. The lowest BCUT2D eigenvalue weighted by Gasteiger charge is -1.87. The van der Waals surface area contributed by atoms with Crippen LogP contribution >= 0.6 is 0 Å². The quantitative estimate of drug-likeness (QED) is 0.521. The van der Waals surface area contributed by atoms with Gasteiger partial charge in [0, 0.05) is 18.9 Å². The van der Waals surface area contributed by atoms with Crippen molar-refractivity contribution in [1.29, 1.82) is 0 Å². The van der Waals surface area contributed by atoms with Crippen LogP contribution in [0.2, 0.25) is 0 Å². The summed E-state index contributed by atoms with van der Waals surface area (Å²) in [5, 5.41) is 0. The van der Waals surface area contributed by atoms with Crippen molar-refractivity contribution in [2.45, 2.75) is 13.5 Å². The van der Waals surface area contributed by atoms with E-state index in [1.165, 1.54) is 0 Å². The lowest BCUT2D eigenvalue weighted by atomic mass is 10.7. The Morgan fingerprint density at radius 1 is 1.56 bits per heavy atom. The SMILES string of the molecule is C=C.CCn1ccnc1. The summed E-state index contributed by atoms with van der Waals surface area (Å²) < 4.78 is 2.01. The Labute approximate surface area is 55.8 Å². The standard InChI is InChI=1S/C5H8N2.C2H4/c1-2-7-4-3-6-5-7;1-2/h3-5H,2H2,1H3;1-2H2. The molecule has 0 bridgehead atoms. The Morgan fingerprint density at radius 3 is 2.44 bits per heavy atom. The monoisotopic (exact) mass is 124 g/mol. The Hall–Kier alpha value is -1.05. The second-order valence-corrected chi connectivity index (χ2v) is 1.39. The lowest BCUT2D eigenvalue weighted by molar-refractivity contribution is 0.761. The van der Waals surface area contributed by atoms with Crippen molar-refractivity contribution in [2.75, 3.05) is 0 Å². The van der Waals surface area contributed by atoms with Crippen molar-refractivity contribution in [1.82, 2.24) is 9.55 Å². The second kappa shape index (κ2) is 5.09. The highest BCUT2D eigenvalue weighted by molar-refractivity contribution is 4.72. The van der Waals surface area contributed by atoms with Crippen LogP contribution in [0.1, 0.15) is 6.92 Å². The summed E-state index contributed by atoms with van der Waals surface area (Å²) in [6, 6.07) is 0. The highest BCUT2D eigenvalue weighted by Gasteiger charge is 1.77. The fourth-order valence-corrected chi connectivity index (χ4v) is 0.474. The molecule has 0 amide bonds. The number of hydrogen-bond acceptors (Lipinski definition) is 1. The van der Waals surface area contributed by atoms with Crippen LogP contribution in [-0.2, 0) is 6.54 Å². The van der Waals surface area contributed by atoms with Gasteiger partial charge in [0.05, 0.1) is 6.33 Å². The molecule has 0 spiro atoms. The molecule has 0 radical (unpaired) electrons. The van der Waals surface area contributed by atoms with Crippen molar-refractivity contribution in [3.8, 4) is 0 Å². The summed E-state index contributed by atoms with van der Waals surface area (Å²) in [5.41, 5.74) is 0. The molecule has 50 valence electrons. The van der Waals surface area contributed by atoms with Crippen LogP contribution in [0.15, 0.2) is 31.9 Å². The topological polar surface area (TPSA) is 17.8 Å². The first kappa shape index (κ1) is 7.95. The van der Waals surface area contributed by atoms with Gasteiger partial charge in [0.15, 0.2) is 0 Å². The highest BCUT2D eigenvalue weighted by Crippen LogP contribution is 1.81. The van der Waals surface area contributed by atoms with Crippen LogP contribution in [-0.4, -0.2) is 9.55 Å². The Morgan fingerprint density at radius 2 is 2.22 bits per heavy atom. The molecule has 2 nitrogen and oxygen atoms in total. The Balaban J connectivity index is 0.000000291. The zero-order chi connectivity index (χ0) is 7.11. The number of imidazole rings is 1. The van der Waals surface area contributed by atoms with E-state index in [4.69, 9.17) is 0 Å². The highest BCUT2D eigenvalue weighted by atomic mass is 15.0. The molecule has 0 saturated heterocycles. The first-order valence-electron chi connectivity index (χ1n) is 2.89. The maximum absolute atomic E-state index is 3.86. The van der Waals surface area contributed by atoms with Gasteiger partial charge in [0.2, 0.25) is 0 Å². The molecule has 0 fully saturated rings. The van der Waals surface area contributed by atoms with Gasteiger partial charge in [-0.15, -0.1) is 13.2 Å². The van der Waals surface area contributed by atoms with Gasteiger partial charge in [-0.1, -0.05) is 0 Å². The van der Waals surface area contributed by atoms with E-state index < -0.39 is 0 Å².